The number of carbonyl (C=O) groups excluding carboxylic acids is 4. The maximum Gasteiger partial charge on any atom is 0.326 e. The molecule has 1 heterocycles. The molecule has 1 aliphatic carbocycles. The molecule has 3 rings (SSSR count). The SMILES string of the molecule is C[C@@H]1CCCC[C@H]1NC(=O)COC(=O)CN1C(=O)N[C@](C)(c2ccccc2)C1=O. The van der Waals surface area contributed by atoms with Gasteiger partial charge in [-0.2, -0.15) is 0 Å². The van der Waals surface area contributed by atoms with Gasteiger partial charge in [-0.3, -0.25) is 19.3 Å². The minimum atomic E-state index is -1.24. The zero-order valence-corrected chi connectivity index (χ0v) is 16.8. The molecule has 1 saturated carbocycles. The Hall–Kier alpha value is -2.90. The van der Waals surface area contributed by atoms with E-state index in [4.69, 9.17) is 4.74 Å². The number of hydrogen-bond acceptors (Lipinski definition) is 5. The minimum Gasteiger partial charge on any atom is -0.454 e. The van der Waals surface area contributed by atoms with Gasteiger partial charge in [-0.05, 0) is 31.2 Å². The van der Waals surface area contributed by atoms with E-state index in [0.717, 1.165) is 30.6 Å². The molecule has 1 aromatic rings. The smallest absolute Gasteiger partial charge is 0.326 e. The summed E-state index contributed by atoms with van der Waals surface area (Å²) in [5.74, 6) is -1.32. The molecule has 156 valence electrons. The van der Waals surface area contributed by atoms with Gasteiger partial charge in [0.2, 0.25) is 0 Å². The molecule has 0 radical (unpaired) electrons. The first kappa shape index (κ1) is 20.8. The van der Waals surface area contributed by atoms with Gasteiger partial charge < -0.3 is 15.4 Å². The Labute approximate surface area is 170 Å². The Kier molecular flexibility index (Phi) is 6.20. The van der Waals surface area contributed by atoms with Crippen LogP contribution in [0.4, 0.5) is 4.79 Å². The number of hydrogen-bond donors (Lipinski definition) is 2. The third kappa shape index (κ3) is 4.58. The highest BCUT2D eigenvalue weighted by Crippen LogP contribution is 2.28. The Morgan fingerprint density at radius 2 is 1.90 bits per heavy atom. The Bertz CT molecular complexity index is 797. The number of benzene rings is 1. The summed E-state index contributed by atoms with van der Waals surface area (Å²) in [7, 11) is 0. The Morgan fingerprint density at radius 1 is 1.21 bits per heavy atom. The van der Waals surface area contributed by atoms with Crippen LogP contribution in [0.25, 0.3) is 0 Å². The predicted octanol–water partition coefficient (Wildman–Crippen LogP) is 1.69. The lowest BCUT2D eigenvalue weighted by atomic mass is 9.86. The fraction of sp³-hybridized carbons (Fsp3) is 0.524. The van der Waals surface area contributed by atoms with Crippen molar-refractivity contribution in [1.82, 2.24) is 15.5 Å². The monoisotopic (exact) mass is 401 g/mol. The first-order valence-corrected chi connectivity index (χ1v) is 9.96. The van der Waals surface area contributed by atoms with Crippen LogP contribution in [0, 0.1) is 5.92 Å². The van der Waals surface area contributed by atoms with Gasteiger partial charge >= 0.3 is 12.0 Å². The van der Waals surface area contributed by atoms with Crippen LogP contribution < -0.4 is 10.6 Å². The van der Waals surface area contributed by atoms with Gasteiger partial charge in [0.25, 0.3) is 11.8 Å². The minimum absolute atomic E-state index is 0.0902. The largest absolute Gasteiger partial charge is 0.454 e. The summed E-state index contributed by atoms with van der Waals surface area (Å²) in [6.07, 6.45) is 4.22. The summed E-state index contributed by atoms with van der Waals surface area (Å²) in [5.41, 5.74) is -0.622. The van der Waals surface area contributed by atoms with E-state index >= 15 is 0 Å². The second-order valence-corrected chi connectivity index (χ2v) is 7.91. The normalized spacial score (nSPS) is 26.8. The van der Waals surface area contributed by atoms with Crippen LogP contribution in [-0.4, -0.2) is 47.9 Å². The summed E-state index contributed by atoms with van der Waals surface area (Å²) in [6.45, 7) is 2.71. The Morgan fingerprint density at radius 3 is 2.59 bits per heavy atom. The van der Waals surface area contributed by atoms with E-state index in [0.29, 0.717) is 11.5 Å². The van der Waals surface area contributed by atoms with Crippen molar-refractivity contribution in [2.45, 2.75) is 51.1 Å². The molecule has 8 heteroatoms. The van der Waals surface area contributed by atoms with Crippen molar-refractivity contribution in [2.75, 3.05) is 13.2 Å². The molecular formula is C21H27N3O5. The molecule has 1 aromatic carbocycles. The van der Waals surface area contributed by atoms with Crippen LogP contribution >= 0.6 is 0 Å². The van der Waals surface area contributed by atoms with Crippen molar-refractivity contribution < 1.29 is 23.9 Å². The standard InChI is InChI=1S/C21H27N3O5/c1-14-8-6-7-11-16(14)22-17(25)13-29-18(26)12-24-19(27)21(2,23-20(24)28)15-9-4-3-5-10-15/h3-5,9-10,14,16H,6-8,11-13H2,1-2H3,(H,22,25)(H,23,28)/t14-,16-,21-/m1/s1. The average Bonchev–Trinajstić information content (AvgIpc) is 2.93. The van der Waals surface area contributed by atoms with Crippen molar-refractivity contribution in [3.8, 4) is 0 Å². The van der Waals surface area contributed by atoms with Gasteiger partial charge in [0.05, 0.1) is 0 Å². The molecule has 1 aliphatic heterocycles. The maximum atomic E-state index is 12.8. The molecule has 2 aliphatic rings. The molecular weight excluding hydrogens is 374 g/mol. The summed E-state index contributed by atoms with van der Waals surface area (Å²) in [5, 5.41) is 5.52. The Balaban J connectivity index is 1.52. The summed E-state index contributed by atoms with van der Waals surface area (Å²) in [4.78, 5) is 50.0. The zero-order chi connectivity index (χ0) is 21.0. The number of urea groups is 1. The molecule has 3 atom stereocenters. The van der Waals surface area contributed by atoms with Crippen LogP contribution in [0.1, 0.15) is 45.1 Å². The quantitative estimate of drug-likeness (QED) is 0.558. The average molecular weight is 401 g/mol. The van der Waals surface area contributed by atoms with E-state index in [-0.39, 0.29) is 11.9 Å². The van der Waals surface area contributed by atoms with Gasteiger partial charge in [-0.25, -0.2) is 4.79 Å². The summed E-state index contributed by atoms with van der Waals surface area (Å²) in [6, 6.07) is 8.23. The van der Waals surface area contributed by atoms with Crippen LogP contribution in [-0.2, 0) is 24.7 Å². The molecule has 4 amide bonds. The van der Waals surface area contributed by atoms with E-state index in [1.54, 1.807) is 31.2 Å². The second-order valence-electron chi connectivity index (χ2n) is 7.91. The number of nitrogens with one attached hydrogen (secondary N) is 2. The highest BCUT2D eigenvalue weighted by Gasteiger charge is 2.49. The van der Waals surface area contributed by atoms with Gasteiger partial charge in [0.1, 0.15) is 12.1 Å². The van der Waals surface area contributed by atoms with Gasteiger partial charge in [-0.1, -0.05) is 50.1 Å². The molecule has 29 heavy (non-hydrogen) atoms. The third-order valence-electron chi connectivity index (χ3n) is 5.74. The van der Waals surface area contributed by atoms with Crippen molar-refractivity contribution in [1.29, 1.82) is 0 Å². The van der Waals surface area contributed by atoms with Crippen LogP contribution in [0.3, 0.4) is 0 Å². The molecule has 0 unspecified atom stereocenters. The molecule has 0 spiro atoms. The lowest BCUT2D eigenvalue weighted by Crippen LogP contribution is -2.44. The van der Waals surface area contributed by atoms with Crippen molar-refractivity contribution in [2.24, 2.45) is 5.92 Å². The van der Waals surface area contributed by atoms with E-state index < -0.39 is 36.6 Å². The van der Waals surface area contributed by atoms with Crippen molar-refractivity contribution >= 4 is 23.8 Å². The van der Waals surface area contributed by atoms with Crippen LogP contribution in [0.15, 0.2) is 30.3 Å². The molecule has 2 fully saturated rings. The highest BCUT2D eigenvalue weighted by molar-refractivity contribution is 6.08. The lowest BCUT2D eigenvalue weighted by Gasteiger charge is -2.29. The van der Waals surface area contributed by atoms with E-state index in [2.05, 4.69) is 17.6 Å². The zero-order valence-electron chi connectivity index (χ0n) is 16.8. The lowest BCUT2D eigenvalue weighted by molar-refractivity contribution is -0.151. The number of esters is 1. The molecule has 0 aromatic heterocycles. The summed E-state index contributed by atoms with van der Waals surface area (Å²) >= 11 is 0. The number of nitrogens with zero attached hydrogens (tertiary/aromatic N) is 1. The number of imide groups is 1. The van der Waals surface area contributed by atoms with E-state index in [1.807, 2.05) is 6.07 Å². The maximum absolute atomic E-state index is 12.8. The van der Waals surface area contributed by atoms with Gasteiger partial charge in [0, 0.05) is 6.04 Å². The van der Waals surface area contributed by atoms with Crippen LogP contribution in [0.2, 0.25) is 0 Å². The highest BCUT2D eigenvalue weighted by atomic mass is 16.5. The van der Waals surface area contributed by atoms with Crippen molar-refractivity contribution in [3.63, 3.8) is 0 Å². The van der Waals surface area contributed by atoms with Gasteiger partial charge in [0.15, 0.2) is 6.61 Å². The fourth-order valence-corrected chi connectivity index (χ4v) is 3.91. The fourth-order valence-electron chi connectivity index (χ4n) is 3.91. The van der Waals surface area contributed by atoms with E-state index in [9.17, 15) is 19.2 Å². The molecule has 1 saturated heterocycles. The summed E-state index contributed by atoms with van der Waals surface area (Å²) < 4.78 is 4.99. The first-order valence-electron chi connectivity index (χ1n) is 9.96. The van der Waals surface area contributed by atoms with Crippen molar-refractivity contribution in [3.05, 3.63) is 35.9 Å². The number of ether oxygens (including phenoxy) is 1. The molecule has 2 N–H and O–H groups in total. The predicted molar refractivity (Wildman–Crippen MR) is 105 cm³/mol. The van der Waals surface area contributed by atoms with Crippen LogP contribution in [0.5, 0.6) is 0 Å². The third-order valence-corrected chi connectivity index (χ3v) is 5.74. The molecule has 8 nitrogen and oxygen atoms in total. The first-order chi connectivity index (χ1) is 13.8. The van der Waals surface area contributed by atoms with Gasteiger partial charge in [-0.15, -0.1) is 0 Å². The number of amides is 4. The number of rotatable bonds is 6. The van der Waals surface area contributed by atoms with E-state index in [1.165, 1.54) is 0 Å². The number of carbonyl (C=O) groups is 4. The topological polar surface area (TPSA) is 105 Å². The molecule has 0 bridgehead atoms. The second kappa shape index (κ2) is 8.63.